The molecule has 2 unspecified atom stereocenters. The average molecular weight is 210 g/mol. The summed E-state index contributed by atoms with van der Waals surface area (Å²) in [6.45, 7) is 2.52. The molecule has 15 heavy (non-hydrogen) atoms. The zero-order chi connectivity index (χ0) is 10.3. The van der Waals surface area contributed by atoms with Crippen molar-refractivity contribution in [1.82, 2.24) is 10.6 Å². The minimum absolute atomic E-state index is 0.856. The molecule has 0 spiro atoms. The van der Waals surface area contributed by atoms with Crippen LogP contribution in [-0.4, -0.2) is 25.2 Å². The molecule has 0 aromatic rings. The number of rotatable bonds is 6. The molecule has 2 atom stereocenters. The van der Waals surface area contributed by atoms with Gasteiger partial charge in [-0.15, -0.1) is 0 Å². The Morgan fingerprint density at radius 1 is 0.733 bits per heavy atom. The summed E-state index contributed by atoms with van der Waals surface area (Å²) in [4.78, 5) is 0. The molecule has 2 aliphatic rings. The maximum absolute atomic E-state index is 3.58. The smallest absolute Gasteiger partial charge is 0.00675 e. The lowest BCUT2D eigenvalue weighted by Gasteiger charge is -2.11. The van der Waals surface area contributed by atoms with Crippen molar-refractivity contribution in [1.29, 1.82) is 0 Å². The Morgan fingerprint density at radius 2 is 1.27 bits per heavy atom. The number of hydrogen-bond acceptors (Lipinski definition) is 2. The second-order valence-corrected chi connectivity index (χ2v) is 5.22. The molecular formula is C13H26N2. The molecule has 0 aliphatic carbocycles. The van der Waals surface area contributed by atoms with Gasteiger partial charge in [0, 0.05) is 12.1 Å². The van der Waals surface area contributed by atoms with E-state index < -0.39 is 0 Å². The molecule has 2 heteroatoms. The van der Waals surface area contributed by atoms with Gasteiger partial charge in [-0.25, -0.2) is 0 Å². The molecule has 0 bridgehead atoms. The largest absolute Gasteiger partial charge is 0.314 e. The zero-order valence-corrected chi connectivity index (χ0v) is 9.93. The Labute approximate surface area is 94.2 Å². The zero-order valence-electron chi connectivity index (χ0n) is 9.93. The molecule has 2 aliphatic heterocycles. The normalized spacial score (nSPS) is 31.2. The molecule has 88 valence electrons. The highest BCUT2D eigenvalue weighted by Gasteiger charge is 2.14. The predicted octanol–water partition coefficient (Wildman–Crippen LogP) is 2.44. The maximum atomic E-state index is 3.58. The van der Waals surface area contributed by atoms with E-state index in [0.717, 1.165) is 12.1 Å². The van der Waals surface area contributed by atoms with E-state index in [2.05, 4.69) is 10.6 Å². The second kappa shape index (κ2) is 6.49. The van der Waals surface area contributed by atoms with Crippen LogP contribution >= 0.6 is 0 Å². The summed E-state index contributed by atoms with van der Waals surface area (Å²) < 4.78 is 0. The Hall–Kier alpha value is -0.0800. The number of nitrogens with one attached hydrogen (secondary N) is 2. The van der Waals surface area contributed by atoms with Gasteiger partial charge in [0.2, 0.25) is 0 Å². The SMILES string of the molecule is C(CCC1CCCN1)CCC1CCCN1. The van der Waals surface area contributed by atoms with Crippen molar-refractivity contribution < 1.29 is 0 Å². The fourth-order valence-electron chi connectivity index (χ4n) is 2.96. The van der Waals surface area contributed by atoms with Crippen molar-refractivity contribution in [3.05, 3.63) is 0 Å². The molecule has 0 amide bonds. The van der Waals surface area contributed by atoms with Crippen LogP contribution in [0.25, 0.3) is 0 Å². The van der Waals surface area contributed by atoms with Crippen molar-refractivity contribution in [2.24, 2.45) is 0 Å². The van der Waals surface area contributed by atoms with Crippen molar-refractivity contribution in [2.75, 3.05) is 13.1 Å². The molecule has 0 aromatic carbocycles. The summed E-state index contributed by atoms with van der Waals surface area (Å²) in [5.41, 5.74) is 0. The molecular weight excluding hydrogens is 184 g/mol. The molecule has 2 rings (SSSR count). The van der Waals surface area contributed by atoms with Crippen LogP contribution < -0.4 is 10.6 Å². The van der Waals surface area contributed by atoms with Gasteiger partial charge >= 0.3 is 0 Å². The fourth-order valence-corrected chi connectivity index (χ4v) is 2.96. The van der Waals surface area contributed by atoms with E-state index in [1.165, 1.54) is 70.9 Å². The van der Waals surface area contributed by atoms with Gasteiger partial charge in [-0.1, -0.05) is 19.3 Å². The first-order valence-corrected chi connectivity index (χ1v) is 6.92. The Morgan fingerprint density at radius 3 is 1.67 bits per heavy atom. The quantitative estimate of drug-likeness (QED) is 0.658. The van der Waals surface area contributed by atoms with Gasteiger partial charge in [-0.3, -0.25) is 0 Å². The van der Waals surface area contributed by atoms with Crippen LogP contribution in [0, 0.1) is 0 Å². The lowest BCUT2D eigenvalue weighted by Crippen LogP contribution is -2.21. The summed E-state index contributed by atoms with van der Waals surface area (Å²) in [6, 6.07) is 1.71. The number of hydrogen-bond donors (Lipinski definition) is 2. The van der Waals surface area contributed by atoms with Gasteiger partial charge in [-0.05, 0) is 51.6 Å². The van der Waals surface area contributed by atoms with Crippen LogP contribution in [0.15, 0.2) is 0 Å². The van der Waals surface area contributed by atoms with Crippen molar-refractivity contribution in [2.45, 2.75) is 69.9 Å². The highest BCUT2D eigenvalue weighted by Crippen LogP contribution is 2.16. The summed E-state index contributed by atoms with van der Waals surface area (Å²) in [5, 5.41) is 7.15. The van der Waals surface area contributed by atoms with Gasteiger partial charge in [0.1, 0.15) is 0 Å². The third-order valence-electron chi connectivity index (χ3n) is 3.93. The van der Waals surface area contributed by atoms with E-state index >= 15 is 0 Å². The minimum Gasteiger partial charge on any atom is -0.314 e. The summed E-state index contributed by atoms with van der Waals surface area (Å²) >= 11 is 0. The van der Waals surface area contributed by atoms with E-state index in [4.69, 9.17) is 0 Å². The van der Waals surface area contributed by atoms with Gasteiger partial charge in [0.25, 0.3) is 0 Å². The molecule has 2 N–H and O–H groups in total. The molecule has 2 fully saturated rings. The average Bonchev–Trinajstić information content (AvgIpc) is 2.88. The second-order valence-electron chi connectivity index (χ2n) is 5.22. The van der Waals surface area contributed by atoms with Gasteiger partial charge < -0.3 is 10.6 Å². The monoisotopic (exact) mass is 210 g/mol. The van der Waals surface area contributed by atoms with Crippen LogP contribution in [0.3, 0.4) is 0 Å². The molecule has 0 aromatic heterocycles. The van der Waals surface area contributed by atoms with Crippen LogP contribution in [0.5, 0.6) is 0 Å². The standard InChI is InChI=1S/C13H26N2/c1(2-6-12-8-4-10-14-12)3-7-13-9-5-11-15-13/h12-15H,1-11H2. The Kier molecular flexibility index (Phi) is 4.94. The van der Waals surface area contributed by atoms with Crippen LogP contribution in [0.4, 0.5) is 0 Å². The Balaban J connectivity index is 1.41. The molecule has 0 saturated carbocycles. The Bertz CT molecular complexity index is 140. The van der Waals surface area contributed by atoms with Gasteiger partial charge in [-0.2, -0.15) is 0 Å². The highest BCUT2D eigenvalue weighted by molar-refractivity contribution is 4.75. The topological polar surface area (TPSA) is 24.1 Å². The first kappa shape index (κ1) is 11.4. The van der Waals surface area contributed by atoms with Gasteiger partial charge in [0.05, 0.1) is 0 Å². The van der Waals surface area contributed by atoms with Crippen molar-refractivity contribution in [3.63, 3.8) is 0 Å². The van der Waals surface area contributed by atoms with Crippen molar-refractivity contribution in [3.8, 4) is 0 Å². The molecule has 2 heterocycles. The summed E-state index contributed by atoms with van der Waals surface area (Å²) in [7, 11) is 0. The lowest BCUT2D eigenvalue weighted by molar-refractivity contribution is 0.479. The first-order valence-electron chi connectivity index (χ1n) is 6.92. The minimum atomic E-state index is 0.856. The highest BCUT2D eigenvalue weighted by atomic mass is 14.9. The first-order chi connectivity index (χ1) is 7.45. The third-order valence-corrected chi connectivity index (χ3v) is 3.93. The van der Waals surface area contributed by atoms with Crippen molar-refractivity contribution >= 4 is 0 Å². The van der Waals surface area contributed by atoms with E-state index in [0.29, 0.717) is 0 Å². The maximum Gasteiger partial charge on any atom is 0.00675 e. The van der Waals surface area contributed by atoms with E-state index in [-0.39, 0.29) is 0 Å². The molecule has 2 nitrogen and oxygen atoms in total. The summed E-state index contributed by atoms with van der Waals surface area (Å²) in [6.07, 6.45) is 12.8. The van der Waals surface area contributed by atoms with E-state index in [9.17, 15) is 0 Å². The fraction of sp³-hybridized carbons (Fsp3) is 1.00. The lowest BCUT2D eigenvalue weighted by atomic mass is 10.0. The molecule has 0 radical (unpaired) electrons. The summed E-state index contributed by atoms with van der Waals surface area (Å²) in [5.74, 6) is 0. The van der Waals surface area contributed by atoms with E-state index in [1.54, 1.807) is 0 Å². The van der Waals surface area contributed by atoms with Crippen LogP contribution in [0.1, 0.15) is 57.8 Å². The van der Waals surface area contributed by atoms with Crippen LogP contribution in [0.2, 0.25) is 0 Å². The van der Waals surface area contributed by atoms with Crippen LogP contribution in [-0.2, 0) is 0 Å². The third kappa shape index (κ3) is 4.12. The predicted molar refractivity (Wildman–Crippen MR) is 65.1 cm³/mol. The number of unbranched alkanes of at least 4 members (excludes halogenated alkanes) is 2. The molecule has 2 saturated heterocycles. The van der Waals surface area contributed by atoms with E-state index in [1.807, 2.05) is 0 Å². The van der Waals surface area contributed by atoms with Gasteiger partial charge in [0.15, 0.2) is 0 Å².